The van der Waals surface area contributed by atoms with Crippen molar-refractivity contribution >= 4 is 18.6 Å². The third-order valence-corrected chi connectivity index (χ3v) is 1.97. The normalized spacial score (nSPS) is 9.79. The van der Waals surface area contributed by atoms with Gasteiger partial charge in [0.2, 0.25) is 0 Å². The van der Waals surface area contributed by atoms with Gasteiger partial charge in [0.1, 0.15) is 5.75 Å². The Hall–Kier alpha value is -1.16. The number of carboxylic acid groups (broad SMARTS) is 1. The fourth-order valence-corrected chi connectivity index (χ4v) is 1.10. The third kappa shape index (κ3) is 3.30. The summed E-state index contributed by atoms with van der Waals surface area (Å²) in [5.74, 6) is 0.412. The molecule has 0 unspecified atom stereocenters. The van der Waals surface area contributed by atoms with E-state index >= 15 is 0 Å². The van der Waals surface area contributed by atoms with Gasteiger partial charge in [0, 0.05) is 0 Å². The van der Waals surface area contributed by atoms with Crippen LogP contribution < -0.4 is 4.74 Å². The van der Waals surface area contributed by atoms with Crippen LogP contribution in [0.15, 0.2) is 24.3 Å². The van der Waals surface area contributed by atoms with Crippen LogP contribution in [0.5, 0.6) is 5.75 Å². The highest BCUT2D eigenvalue weighted by Crippen LogP contribution is 2.13. The van der Waals surface area contributed by atoms with Crippen LogP contribution in [0, 0.1) is 0 Å². The summed E-state index contributed by atoms with van der Waals surface area (Å²) in [6.45, 7) is 0.562. The first-order chi connectivity index (χ1) is 6.74. The summed E-state index contributed by atoms with van der Waals surface area (Å²) in [6.07, 6.45) is 0.848. The fourth-order valence-electron chi connectivity index (χ4n) is 0.973. The molecule has 0 radical (unpaired) electrons. The molecule has 1 rings (SSSR count). The molecule has 0 aromatic heterocycles. The molecule has 1 aromatic rings. The first-order valence-electron chi connectivity index (χ1n) is 4.31. The van der Waals surface area contributed by atoms with E-state index in [0.717, 1.165) is 12.2 Å². The lowest BCUT2D eigenvalue weighted by atomic mass is 10.2. The monoisotopic (exact) mass is 212 g/mol. The lowest BCUT2D eigenvalue weighted by molar-refractivity contribution is 0.0696. The van der Waals surface area contributed by atoms with Gasteiger partial charge in [0.15, 0.2) is 0 Å². The lowest BCUT2D eigenvalue weighted by Crippen LogP contribution is -2.00. The average Bonchev–Trinajstić information content (AvgIpc) is 2.19. The summed E-state index contributed by atoms with van der Waals surface area (Å²) in [6, 6.07) is 6.46. The summed E-state index contributed by atoms with van der Waals surface area (Å²) in [5, 5.41) is 8.71. The quantitative estimate of drug-likeness (QED) is 0.580. The van der Waals surface area contributed by atoms with Gasteiger partial charge >= 0.3 is 5.97 Å². The maximum absolute atomic E-state index is 10.6. The van der Waals surface area contributed by atoms with Gasteiger partial charge in [0.25, 0.3) is 0 Å². The van der Waals surface area contributed by atoms with E-state index < -0.39 is 5.97 Å². The van der Waals surface area contributed by atoms with E-state index in [1.54, 1.807) is 12.1 Å². The van der Waals surface area contributed by atoms with Crippen LogP contribution in [0.3, 0.4) is 0 Å². The molecule has 0 aliphatic rings. The van der Waals surface area contributed by atoms with Crippen LogP contribution in [0.4, 0.5) is 0 Å². The maximum Gasteiger partial charge on any atom is 0.335 e. The Balaban J connectivity index is 2.59. The zero-order valence-corrected chi connectivity index (χ0v) is 8.54. The number of carbonyl (C=O) groups is 1. The molecule has 1 aromatic carbocycles. The summed E-state index contributed by atoms with van der Waals surface area (Å²) >= 11 is 4.05. The molecule has 0 bridgehead atoms. The Labute approximate surface area is 88.1 Å². The zero-order chi connectivity index (χ0) is 10.4. The molecular formula is C10H12O3S. The molecule has 76 valence electrons. The van der Waals surface area contributed by atoms with Gasteiger partial charge in [0.05, 0.1) is 12.2 Å². The lowest BCUT2D eigenvalue weighted by Gasteiger charge is -2.05. The number of ether oxygens (including phenoxy) is 1. The van der Waals surface area contributed by atoms with Crippen molar-refractivity contribution in [1.82, 2.24) is 0 Å². The zero-order valence-electron chi connectivity index (χ0n) is 7.64. The minimum Gasteiger partial charge on any atom is -0.494 e. The molecule has 0 amide bonds. The fraction of sp³-hybridized carbons (Fsp3) is 0.300. The number of aromatic carboxylic acids is 1. The number of thiol groups is 1. The van der Waals surface area contributed by atoms with Gasteiger partial charge in [-0.15, -0.1) is 0 Å². The molecule has 0 saturated carbocycles. The summed E-state index contributed by atoms with van der Waals surface area (Å²) < 4.78 is 5.32. The Morgan fingerprint density at radius 3 is 2.93 bits per heavy atom. The van der Waals surface area contributed by atoms with Gasteiger partial charge in [-0.3, -0.25) is 0 Å². The van der Waals surface area contributed by atoms with Crippen molar-refractivity contribution in [1.29, 1.82) is 0 Å². The number of hydrogen-bond acceptors (Lipinski definition) is 3. The van der Waals surface area contributed by atoms with Crippen molar-refractivity contribution in [2.45, 2.75) is 6.42 Å². The first-order valence-corrected chi connectivity index (χ1v) is 4.94. The van der Waals surface area contributed by atoms with Crippen LogP contribution in [0.2, 0.25) is 0 Å². The van der Waals surface area contributed by atoms with Crippen LogP contribution >= 0.6 is 12.6 Å². The first kappa shape index (κ1) is 10.9. The second-order valence-corrected chi connectivity index (χ2v) is 3.21. The minimum absolute atomic E-state index is 0.244. The van der Waals surface area contributed by atoms with E-state index in [1.165, 1.54) is 12.1 Å². The molecule has 0 aliphatic heterocycles. The van der Waals surface area contributed by atoms with Gasteiger partial charge < -0.3 is 9.84 Å². The smallest absolute Gasteiger partial charge is 0.335 e. The van der Waals surface area contributed by atoms with Crippen LogP contribution in [0.1, 0.15) is 16.8 Å². The highest BCUT2D eigenvalue weighted by molar-refractivity contribution is 7.80. The van der Waals surface area contributed by atoms with E-state index in [4.69, 9.17) is 9.84 Å². The molecule has 0 aliphatic carbocycles. The van der Waals surface area contributed by atoms with Crippen LogP contribution in [-0.2, 0) is 0 Å². The molecule has 3 nitrogen and oxygen atoms in total. The predicted octanol–water partition coefficient (Wildman–Crippen LogP) is 2.08. The Bertz CT molecular complexity index is 312. The highest BCUT2D eigenvalue weighted by atomic mass is 32.1. The molecule has 0 atom stereocenters. The third-order valence-electron chi connectivity index (χ3n) is 1.65. The molecule has 4 heteroatoms. The van der Waals surface area contributed by atoms with E-state index in [9.17, 15) is 4.79 Å². The van der Waals surface area contributed by atoms with Crippen molar-refractivity contribution in [3.05, 3.63) is 29.8 Å². The van der Waals surface area contributed by atoms with Crippen molar-refractivity contribution in [2.24, 2.45) is 0 Å². The Morgan fingerprint density at radius 1 is 1.50 bits per heavy atom. The van der Waals surface area contributed by atoms with Crippen molar-refractivity contribution in [2.75, 3.05) is 12.4 Å². The summed E-state index contributed by atoms with van der Waals surface area (Å²) in [7, 11) is 0. The standard InChI is InChI=1S/C10H12O3S/c11-10(12)8-3-1-4-9(7-8)13-5-2-6-14/h1,3-4,7,14H,2,5-6H2,(H,11,12). The molecule has 14 heavy (non-hydrogen) atoms. The molecule has 0 fully saturated rings. The highest BCUT2D eigenvalue weighted by Gasteiger charge is 2.02. The maximum atomic E-state index is 10.6. The molecule has 1 N–H and O–H groups in total. The van der Waals surface area contributed by atoms with Crippen LogP contribution in [0.25, 0.3) is 0 Å². The van der Waals surface area contributed by atoms with E-state index in [1.807, 2.05) is 0 Å². The van der Waals surface area contributed by atoms with E-state index in [0.29, 0.717) is 12.4 Å². The van der Waals surface area contributed by atoms with Gasteiger partial charge in [-0.2, -0.15) is 12.6 Å². The molecular weight excluding hydrogens is 200 g/mol. The topological polar surface area (TPSA) is 46.5 Å². The van der Waals surface area contributed by atoms with Gasteiger partial charge in [-0.25, -0.2) is 4.79 Å². The number of carboxylic acids is 1. The van der Waals surface area contributed by atoms with Crippen molar-refractivity contribution < 1.29 is 14.6 Å². The van der Waals surface area contributed by atoms with Crippen molar-refractivity contribution in [3.8, 4) is 5.75 Å². The van der Waals surface area contributed by atoms with Crippen molar-refractivity contribution in [3.63, 3.8) is 0 Å². The molecule has 0 spiro atoms. The van der Waals surface area contributed by atoms with Crippen LogP contribution in [-0.4, -0.2) is 23.4 Å². The number of benzene rings is 1. The largest absolute Gasteiger partial charge is 0.494 e. The predicted molar refractivity (Wildman–Crippen MR) is 57.4 cm³/mol. The summed E-state index contributed by atoms with van der Waals surface area (Å²) in [5.41, 5.74) is 0.244. The van der Waals surface area contributed by atoms with Gasteiger partial charge in [-0.1, -0.05) is 6.07 Å². The number of rotatable bonds is 5. The minimum atomic E-state index is -0.940. The Kier molecular flexibility index (Phi) is 4.32. The SMILES string of the molecule is O=C(O)c1cccc(OCCCS)c1. The summed E-state index contributed by atoms with van der Waals surface area (Å²) in [4.78, 5) is 10.6. The Morgan fingerprint density at radius 2 is 2.29 bits per heavy atom. The molecule has 0 saturated heterocycles. The number of hydrogen-bond donors (Lipinski definition) is 2. The van der Waals surface area contributed by atoms with E-state index in [-0.39, 0.29) is 5.56 Å². The van der Waals surface area contributed by atoms with E-state index in [2.05, 4.69) is 12.6 Å². The van der Waals surface area contributed by atoms with Gasteiger partial charge in [-0.05, 0) is 30.4 Å². The molecule has 0 heterocycles. The average molecular weight is 212 g/mol. The second kappa shape index (κ2) is 5.54. The second-order valence-electron chi connectivity index (χ2n) is 2.76.